The van der Waals surface area contributed by atoms with E-state index in [2.05, 4.69) is 21.4 Å². The van der Waals surface area contributed by atoms with E-state index in [9.17, 15) is 4.79 Å². The number of aromatic nitrogens is 2. The average molecular weight is 435 g/mol. The summed E-state index contributed by atoms with van der Waals surface area (Å²) in [5.74, 6) is 0.508. The van der Waals surface area contributed by atoms with Crippen molar-refractivity contribution in [1.82, 2.24) is 9.97 Å². The zero-order valence-corrected chi connectivity index (χ0v) is 18.0. The van der Waals surface area contributed by atoms with Crippen molar-refractivity contribution in [3.05, 3.63) is 52.9 Å². The van der Waals surface area contributed by atoms with Gasteiger partial charge in [0, 0.05) is 10.8 Å². The first kappa shape index (κ1) is 18.8. The molecule has 30 heavy (non-hydrogen) atoms. The topological polar surface area (TPSA) is 90.1 Å². The summed E-state index contributed by atoms with van der Waals surface area (Å²) in [4.78, 5) is 23.3. The molecule has 150 valence electrons. The van der Waals surface area contributed by atoms with Gasteiger partial charge in [0.25, 0.3) is 5.91 Å². The summed E-state index contributed by atoms with van der Waals surface area (Å²) >= 11 is 2.70. The Morgan fingerprint density at radius 1 is 1.10 bits per heavy atom. The summed E-state index contributed by atoms with van der Waals surface area (Å²) in [6, 6.07) is 13.8. The van der Waals surface area contributed by atoms with Crippen molar-refractivity contribution in [3.63, 3.8) is 0 Å². The number of carbonyl (C=O) groups excluding carboxylic acids is 1. The van der Waals surface area contributed by atoms with Crippen molar-refractivity contribution in [2.75, 3.05) is 17.7 Å². The first-order chi connectivity index (χ1) is 14.5. The summed E-state index contributed by atoms with van der Waals surface area (Å²) in [6.07, 6.45) is 0. The second-order valence-electron chi connectivity index (χ2n) is 6.92. The number of aryl methyl sites for hydroxylation is 1. The summed E-state index contributed by atoms with van der Waals surface area (Å²) in [5, 5.41) is 5.21. The molecule has 3 heterocycles. The lowest BCUT2D eigenvalue weighted by Crippen LogP contribution is -2.11. The quantitative estimate of drug-likeness (QED) is 0.384. The maximum Gasteiger partial charge on any atom is 0.269 e. The number of ether oxygens (including phenoxy) is 1. The Morgan fingerprint density at radius 3 is 2.77 bits per heavy atom. The maximum absolute atomic E-state index is 12.9. The van der Waals surface area contributed by atoms with E-state index in [0.717, 1.165) is 42.6 Å². The number of thiophene rings is 1. The third-order valence-corrected chi connectivity index (χ3v) is 6.81. The van der Waals surface area contributed by atoms with Crippen LogP contribution in [0.3, 0.4) is 0 Å². The van der Waals surface area contributed by atoms with Crippen LogP contribution in [0.25, 0.3) is 31.3 Å². The van der Waals surface area contributed by atoms with Crippen LogP contribution in [0.1, 0.15) is 22.2 Å². The molecule has 6 nitrogen and oxygen atoms in total. The van der Waals surface area contributed by atoms with Crippen LogP contribution in [0.2, 0.25) is 0 Å². The van der Waals surface area contributed by atoms with Crippen molar-refractivity contribution < 1.29 is 9.53 Å². The van der Waals surface area contributed by atoms with Crippen LogP contribution in [0.15, 0.2) is 42.5 Å². The number of nitrogen functional groups attached to an aromatic ring is 1. The molecule has 0 radical (unpaired) electrons. The molecule has 0 fully saturated rings. The number of nitrogens with zero attached hydrogens (tertiary/aromatic N) is 2. The third kappa shape index (κ3) is 3.24. The number of rotatable bonds is 4. The van der Waals surface area contributed by atoms with E-state index in [4.69, 9.17) is 10.5 Å². The zero-order chi connectivity index (χ0) is 20.8. The minimum absolute atomic E-state index is 0.278. The highest BCUT2D eigenvalue weighted by Gasteiger charge is 2.19. The number of amides is 1. The Kier molecular flexibility index (Phi) is 4.52. The van der Waals surface area contributed by atoms with Crippen LogP contribution < -0.4 is 15.8 Å². The fourth-order valence-electron chi connectivity index (χ4n) is 3.36. The first-order valence-corrected chi connectivity index (χ1v) is 11.1. The molecule has 0 bridgehead atoms. The second-order valence-corrected chi connectivity index (χ2v) is 8.95. The molecule has 0 unspecified atom stereocenters. The predicted molar refractivity (Wildman–Crippen MR) is 125 cm³/mol. The third-order valence-electron chi connectivity index (χ3n) is 4.77. The van der Waals surface area contributed by atoms with Gasteiger partial charge in [0.2, 0.25) is 0 Å². The maximum atomic E-state index is 12.9. The molecule has 5 aromatic rings. The molecular formula is C22H18N4O2S2. The number of nitrogens with one attached hydrogen (secondary N) is 1. The van der Waals surface area contributed by atoms with Gasteiger partial charge in [-0.3, -0.25) is 10.1 Å². The van der Waals surface area contributed by atoms with E-state index in [1.165, 1.54) is 22.7 Å². The molecule has 5 rings (SSSR count). The zero-order valence-electron chi connectivity index (χ0n) is 16.4. The lowest BCUT2D eigenvalue weighted by molar-refractivity contribution is 0.103. The summed E-state index contributed by atoms with van der Waals surface area (Å²) < 4.78 is 6.48. The molecule has 0 spiro atoms. The number of nitrogens with two attached hydrogens (primary N) is 1. The number of hydrogen-bond donors (Lipinski definition) is 2. The van der Waals surface area contributed by atoms with Crippen LogP contribution in [-0.2, 0) is 0 Å². The minimum Gasteiger partial charge on any atom is -0.494 e. The Balaban J connectivity index is 1.49. The van der Waals surface area contributed by atoms with Gasteiger partial charge in [0.1, 0.15) is 15.5 Å². The fraction of sp³-hybridized carbons (Fsp3) is 0.136. The molecule has 0 saturated heterocycles. The van der Waals surface area contributed by atoms with Gasteiger partial charge in [-0.25, -0.2) is 9.97 Å². The first-order valence-electron chi connectivity index (χ1n) is 9.46. The monoisotopic (exact) mass is 434 g/mol. The smallest absolute Gasteiger partial charge is 0.269 e. The largest absolute Gasteiger partial charge is 0.494 e. The van der Waals surface area contributed by atoms with Crippen LogP contribution >= 0.6 is 22.7 Å². The summed E-state index contributed by atoms with van der Waals surface area (Å²) in [7, 11) is 0. The van der Waals surface area contributed by atoms with E-state index >= 15 is 0 Å². The lowest BCUT2D eigenvalue weighted by Gasteiger charge is -2.00. The Morgan fingerprint density at radius 2 is 1.93 bits per heavy atom. The predicted octanol–water partition coefficient (Wildman–Crippen LogP) is 5.60. The molecule has 8 heteroatoms. The van der Waals surface area contributed by atoms with Crippen LogP contribution in [-0.4, -0.2) is 22.5 Å². The van der Waals surface area contributed by atoms with E-state index in [-0.39, 0.29) is 5.91 Å². The molecular weight excluding hydrogens is 416 g/mol. The number of hydrogen-bond acceptors (Lipinski definition) is 7. The Labute approximate surface area is 180 Å². The second kappa shape index (κ2) is 7.23. The van der Waals surface area contributed by atoms with Gasteiger partial charge in [-0.15, -0.1) is 11.3 Å². The fourth-order valence-corrected chi connectivity index (χ4v) is 5.23. The van der Waals surface area contributed by atoms with Gasteiger partial charge in [-0.2, -0.15) is 0 Å². The van der Waals surface area contributed by atoms with E-state index < -0.39 is 0 Å². The van der Waals surface area contributed by atoms with Gasteiger partial charge in [-0.1, -0.05) is 23.0 Å². The van der Waals surface area contributed by atoms with Gasteiger partial charge >= 0.3 is 0 Å². The highest BCUT2D eigenvalue weighted by molar-refractivity contribution is 7.23. The SMILES string of the molecule is CCOc1ccc2nc(NC(=O)c3sc4nc5ccc(C)cc5cc4c3N)sc2c1. The van der Waals surface area contributed by atoms with Crippen molar-refractivity contribution in [1.29, 1.82) is 0 Å². The van der Waals surface area contributed by atoms with Gasteiger partial charge in [-0.05, 0) is 50.2 Å². The molecule has 2 aromatic carbocycles. The van der Waals surface area contributed by atoms with Crippen molar-refractivity contribution >= 4 is 70.7 Å². The summed E-state index contributed by atoms with van der Waals surface area (Å²) in [5.41, 5.74) is 9.62. The standard InChI is InChI=1S/C22H18N4O2S2/c1-3-28-13-5-7-16-17(10-13)29-22(25-16)26-20(27)19-18(23)14-9-12-8-11(2)4-6-15(12)24-21(14)30-19/h4-10H,3,23H2,1-2H3,(H,25,26,27). The molecule has 0 atom stereocenters. The summed E-state index contributed by atoms with van der Waals surface area (Å²) in [6.45, 7) is 4.58. The normalized spacial score (nSPS) is 11.4. The van der Waals surface area contributed by atoms with Gasteiger partial charge in [0.15, 0.2) is 5.13 Å². The van der Waals surface area contributed by atoms with Crippen molar-refractivity contribution in [2.45, 2.75) is 13.8 Å². The number of pyridine rings is 1. The van der Waals surface area contributed by atoms with Crippen LogP contribution in [0.4, 0.5) is 10.8 Å². The van der Waals surface area contributed by atoms with Crippen molar-refractivity contribution in [3.8, 4) is 5.75 Å². The van der Waals surface area contributed by atoms with Crippen molar-refractivity contribution in [2.24, 2.45) is 0 Å². The molecule has 0 aliphatic heterocycles. The van der Waals surface area contributed by atoms with Crippen LogP contribution in [0, 0.1) is 6.92 Å². The number of anilines is 2. The number of benzene rings is 2. The molecule has 3 N–H and O–H groups in total. The van der Waals surface area contributed by atoms with Gasteiger partial charge < -0.3 is 10.5 Å². The van der Waals surface area contributed by atoms with Crippen LogP contribution in [0.5, 0.6) is 5.75 Å². The number of thiazole rings is 1. The molecule has 0 aliphatic rings. The number of carbonyl (C=O) groups is 1. The molecule has 0 saturated carbocycles. The Bertz CT molecular complexity index is 1440. The van der Waals surface area contributed by atoms with E-state index in [1.807, 2.05) is 50.2 Å². The van der Waals surface area contributed by atoms with Gasteiger partial charge in [0.05, 0.1) is 28.0 Å². The number of fused-ring (bicyclic) bond motifs is 3. The highest BCUT2D eigenvalue weighted by Crippen LogP contribution is 2.36. The minimum atomic E-state index is -0.278. The lowest BCUT2D eigenvalue weighted by atomic mass is 10.1. The molecule has 0 aliphatic carbocycles. The average Bonchev–Trinajstić information content (AvgIpc) is 3.26. The highest BCUT2D eigenvalue weighted by atomic mass is 32.1. The molecule has 1 amide bonds. The molecule has 3 aromatic heterocycles. The van der Waals surface area contributed by atoms with E-state index in [1.54, 1.807) is 0 Å². The Hall–Kier alpha value is -3.23. The van der Waals surface area contributed by atoms with E-state index in [0.29, 0.717) is 22.3 Å².